The number of rotatable bonds is 8. The molecule has 2 heteroatoms. The Morgan fingerprint density at radius 1 is 1.19 bits per heavy atom. The Hall–Kier alpha value is 0.690. The van der Waals surface area contributed by atoms with E-state index in [9.17, 15) is 0 Å². The van der Waals surface area contributed by atoms with Gasteiger partial charge in [-0.1, -0.05) is 68.0 Å². The maximum Gasteiger partial charge on any atom is 0.0772 e. The Balaban J connectivity index is 2.03. The molecule has 1 aliphatic rings. The van der Waals surface area contributed by atoms with Crippen molar-refractivity contribution in [2.45, 2.75) is 81.2 Å². The lowest BCUT2D eigenvalue weighted by Gasteiger charge is -2.29. The van der Waals surface area contributed by atoms with Crippen LogP contribution in [0.2, 0.25) is 0 Å². The van der Waals surface area contributed by atoms with Crippen LogP contribution >= 0.6 is 22.6 Å². The van der Waals surface area contributed by atoms with Crippen molar-refractivity contribution in [3.63, 3.8) is 0 Å². The molecule has 0 aromatic rings. The molecule has 0 aromatic heterocycles. The summed E-state index contributed by atoms with van der Waals surface area (Å²) >= 11 is 2.60. The number of halogens is 1. The van der Waals surface area contributed by atoms with Crippen LogP contribution in [0.4, 0.5) is 0 Å². The number of alkyl halides is 1. The summed E-state index contributed by atoms with van der Waals surface area (Å²) in [7, 11) is 0. The number of unbranched alkanes of at least 4 members (excludes halogenated alkanes) is 5. The molecule has 0 amide bonds. The number of ether oxygens (including phenoxy) is 1. The van der Waals surface area contributed by atoms with Crippen molar-refractivity contribution in [3.8, 4) is 0 Å². The third kappa shape index (κ3) is 4.91. The van der Waals surface area contributed by atoms with E-state index in [-0.39, 0.29) is 5.60 Å². The second-order valence-electron chi connectivity index (χ2n) is 5.29. The van der Waals surface area contributed by atoms with Gasteiger partial charge in [-0.05, 0) is 26.2 Å². The van der Waals surface area contributed by atoms with Crippen LogP contribution < -0.4 is 0 Å². The van der Waals surface area contributed by atoms with Crippen LogP contribution in [0.5, 0.6) is 0 Å². The summed E-state index contributed by atoms with van der Waals surface area (Å²) in [5.41, 5.74) is 0.185. The molecule has 2 unspecified atom stereocenters. The summed E-state index contributed by atoms with van der Waals surface area (Å²) in [5, 5.41) is 0. The molecule has 1 heterocycles. The van der Waals surface area contributed by atoms with Gasteiger partial charge in [0.2, 0.25) is 0 Å². The van der Waals surface area contributed by atoms with Gasteiger partial charge in [0.25, 0.3) is 0 Å². The summed E-state index contributed by atoms with van der Waals surface area (Å²) < 4.78 is 6.60. The molecule has 0 saturated carbocycles. The maximum atomic E-state index is 5.89. The molecule has 0 radical (unpaired) electrons. The van der Waals surface area contributed by atoms with Gasteiger partial charge < -0.3 is 4.74 Å². The first-order valence-corrected chi connectivity index (χ1v) is 8.21. The molecule has 2 atom stereocenters. The van der Waals surface area contributed by atoms with E-state index in [2.05, 4.69) is 36.4 Å². The molecule has 0 N–H and O–H groups in total. The van der Waals surface area contributed by atoms with Crippen LogP contribution in [0.1, 0.15) is 71.6 Å². The fourth-order valence-corrected chi connectivity index (χ4v) is 3.39. The second kappa shape index (κ2) is 7.91. The zero-order valence-electron chi connectivity index (χ0n) is 10.9. The summed E-state index contributed by atoms with van der Waals surface area (Å²) in [5.74, 6) is 0. The van der Waals surface area contributed by atoms with Crippen LogP contribution in [0, 0.1) is 0 Å². The van der Waals surface area contributed by atoms with E-state index < -0.39 is 0 Å². The maximum absolute atomic E-state index is 5.89. The molecule has 96 valence electrons. The molecule has 0 aromatic carbocycles. The lowest BCUT2D eigenvalue weighted by Crippen LogP contribution is -2.34. The highest BCUT2D eigenvalue weighted by atomic mass is 127. The number of hydrogen-bond acceptors (Lipinski definition) is 1. The minimum Gasteiger partial charge on any atom is -0.374 e. The normalized spacial score (nSPS) is 27.2. The average Bonchev–Trinajstić information content (AvgIpc) is 2.71. The smallest absolute Gasteiger partial charge is 0.0772 e. The van der Waals surface area contributed by atoms with Crippen LogP contribution in [-0.2, 0) is 4.74 Å². The van der Waals surface area contributed by atoms with Gasteiger partial charge in [0.05, 0.1) is 5.60 Å². The topological polar surface area (TPSA) is 9.23 Å². The van der Waals surface area contributed by atoms with E-state index in [1.54, 1.807) is 0 Å². The van der Waals surface area contributed by atoms with E-state index >= 15 is 0 Å². The third-order valence-corrected chi connectivity index (χ3v) is 5.66. The van der Waals surface area contributed by atoms with Crippen molar-refractivity contribution < 1.29 is 4.74 Å². The van der Waals surface area contributed by atoms with Crippen LogP contribution in [-0.4, -0.2) is 16.1 Å². The average molecular weight is 338 g/mol. The van der Waals surface area contributed by atoms with E-state index in [0.29, 0.717) is 3.92 Å². The van der Waals surface area contributed by atoms with Gasteiger partial charge in [-0.15, -0.1) is 0 Å². The Labute approximate surface area is 115 Å². The van der Waals surface area contributed by atoms with Crippen LogP contribution in [0.25, 0.3) is 0 Å². The zero-order valence-corrected chi connectivity index (χ0v) is 13.1. The standard InChI is InChI=1S/C14H27IO/c1-3-4-5-6-7-8-10-13(15)14(2)11-9-12-16-14/h13H,3-12H2,1-2H3. The van der Waals surface area contributed by atoms with Gasteiger partial charge >= 0.3 is 0 Å². The van der Waals surface area contributed by atoms with Gasteiger partial charge in [0.1, 0.15) is 0 Å². The summed E-state index contributed by atoms with van der Waals surface area (Å²) in [6, 6.07) is 0. The molecule has 0 spiro atoms. The predicted molar refractivity (Wildman–Crippen MR) is 79.4 cm³/mol. The molecule has 1 rings (SSSR count). The summed E-state index contributed by atoms with van der Waals surface area (Å²) in [4.78, 5) is 0. The fraction of sp³-hybridized carbons (Fsp3) is 1.00. The fourth-order valence-electron chi connectivity index (χ4n) is 2.46. The molecule has 16 heavy (non-hydrogen) atoms. The second-order valence-corrected chi connectivity index (χ2v) is 6.79. The van der Waals surface area contributed by atoms with Gasteiger partial charge in [-0.2, -0.15) is 0 Å². The van der Waals surface area contributed by atoms with Crippen molar-refractivity contribution in [3.05, 3.63) is 0 Å². The lowest BCUT2D eigenvalue weighted by atomic mass is 9.94. The van der Waals surface area contributed by atoms with Gasteiger partial charge in [0.15, 0.2) is 0 Å². The highest BCUT2D eigenvalue weighted by molar-refractivity contribution is 14.1. The predicted octanol–water partition coefficient (Wildman–Crippen LogP) is 5.11. The third-order valence-electron chi connectivity index (χ3n) is 3.72. The van der Waals surface area contributed by atoms with Crippen molar-refractivity contribution >= 4 is 22.6 Å². The molecule has 1 fully saturated rings. The van der Waals surface area contributed by atoms with Gasteiger partial charge in [-0.25, -0.2) is 0 Å². The molecule has 1 aliphatic heterocycles. The molecular formula is C14H27IO. The van der Waals surface area contributed by atoms with Crippen molar-refractivity contribution in [1.29, 1.82) is 0 Å². The van der Waals surface area contributed by atoms with Crippen molar-refractivity contribution in [2.75, 3.05) is 6.61 Å². The highest BCUT2D eigenvalue weighted by Crippen LogP contribution is 2.35. The monoisotopic (exact) mass is 338 g/mol. The lowest BCUT2D eigenvalue weighted by molar-refractivity contribution is 0.0203. The molecule has 1 nitrogen and oxygen atoms in total. The Morgan fingerprint density at radius 3 is 2.50 bits per heavy atom. The quantitative estimate of drug-likeness (QED) is 0.339. The van der Waals surface area contributed by atoms with E-state index in [1.165, 1.54) is 57.8 Å². The SMILES string of the molecule is CCCCCCCCC(I)C1(C)CCCO1. The Kier molecular flexibility index (Phi) is 7.29. The minimum absolute atomic E-state index is 0.185. The minimum atomic E-state index is 0.185. The Bertz CT molecular complexity index is 176. The summed E-state index contributed by atoms with van der Waals surface area (Å²) in [6.45, 7) is 5.56. The van der Waals surface area contributed by atoms with E-state index in [1.807, 2.05) is 0 Å². The van der Waals surface area contributed by atoms with E-state index in [4.69, 9.17) is 4.74 Å². The summed E-state index contributed by atoms with van der Waals surface area (Å²) in [6.07, 6.45) is 12.3. The van der Waals surface area contributed by atoms with Gasteiger partial charge in [-0.3, -0.25) is 0 Å². The Morgan fingerprint density at radius 2 is 1.88 bits per heavy atom. The molecular weight excluding hydrogens is 311 g/mol. The molecule has 0 aliphatic carbocycles. The highest BCUT2D eigenvalue weighted by Gasteiger charge is 2.36. The van der Waals surface area contributed by atoms with Crippen LogP contribution in [0.15, 0.2) is 0 Å². The largest absolute Gasteiger partial charge is 0.374 e. The first-order chi connectivity index (χ1) is 7.69. The zero-order chi connectivity index (χ0) is 11.9. The van der Waals surface area contributed by atoms with Crippen molar-refractivity contribution in [2.24, 2.45) is 0 Å². The molecule has 0 bridgehead atoms. The molecule has 1 saturated heterocycles. The van der Waals surface area contributed by atoms with Crippen LogP contribution in [0.3, 0.4) is 0 Å². The first kappa shape index (κ1) is 14.7. The number of hydrogen-bond donors (Lipinski definition) is 0. The van der Waals surface area contributed by atoms with Crippen molar-refractivity contribution in [1.82, 2.24) is 0 Å². The van der Waals surface area contributed by atoms with E-state index in [0.717, 1.165) is 6.61 Å². The first-order valence-electron chi connectivity index (χ1n) is 6.97. The van der Waals surface area contributed by atoms with Gasteiger partial charge in [0, 0.05) is 10.5 Å².